The minimum atomic E-state index is -3.74. The maximum atomic E-state index is 12.4. The van der Waals surface area contributed by atoms with Crippen LogP contribution in [-0.4, -0.2) is 21.6 Å². The molecule has 0 saturated heterocycles. The Bertz CT molecular complexity index is 824. The van der Waals surface area contributed by atoms with Gasteiger partial charge < -0.3 is 9.47 Å². The molecule has 0 amide bonds. The number of rotatable bonds is 3. The van der Waals surface area contributed by atoms with Gasteiger partial charge in [0.05, 0.1) is 28.8 Å². The van der Waals surface area contributed by atoms with Crippen LogP contribution in [0.15, 0.2) is 45.8 Å². The van der Waals surface area contributed by atoms with Crippen molar-refractivity contribution in [1.82, 2.24) is 0 Å². The lowest BCUT2D eigenvalue weighted by Gasteiger charge is -2.13. The van der Waals surface area contributed by atoms with Crippen LogP contribution in [0, 0.1) is 0 Å². The SMILES string of the molecule is O=S(=O)(Nc1cc2c(cc1Cl)OCCCO2)c1ccc(Br)cc1. The van der Waals surface area contributed by atoms with Crippen LogP contribution >= 0.6 is 27.5 Å². The summed E-state index contributed by atoms with van der Waals surface area (Å²) in [6.07, 6.45) is 0.756. The van der Waals surface area contributed by atoms with Crippen LogP contribution in [0.5, 0.6) is 11.5 Å². The van der Waals surface area contributed by atoms with Gasteiger partial charge in [-0.2, -0.15) is 0 Å². The van der Waals surface area contributed by atoms with E-state index in [-0.39, 0.29) is 15.6 Å². The van der Waals surface area contributed by atoms with Crippen molar-refractivity contribution in [3.05, 3.63) is 45.9 Å². The van der Waals surface area contributed by atoms with E-state index in [1.807, 2.05) is 0 Å². The van der Waals surface area contributed by atoms with E-state index in [9.17, 15) is 8.42 Å². The Labute approximate surface area is 147 Å². The third-order valence-electron chi connectivity index (χ3n) is 3.21. The van der Waals surface area contributed by atoms with Crippen LogP contribution in [0.1, 0.15) is 6.42 Å². The molecule has 1 aliphatic heterocycles. The molecule has 1 N–H and O–H groups in total. The first-order valence-electron chi connectivity index (χ1n) is 6.83. The molecule has 8 heteroatoms. The smallest absolute Gasteiger partial charge is 0.261 e. The fourth-order valence-corrected chi connectivity index (χ4v) is 3.67. The number of benzene rings is 2. The van der Waals surface area contributed by atoms with Crippen LogP contribution < -0.4 is 14.2 Å². The summed E-state index contributed by atoms with van der Waals surface area (Å²) in [6.45, 7) is 1.04. The Morgan fingerprint density at radius 1 is 1.04 bits per heavy atom. The van der Waals surface area contributed by atoms with E-state index in [0.717, 1.165) is 10.9 Å². The molecule has 2 aromatic carbocycles. The fourth-order valence-electron chi connectivity index (χ4n) is 2.08. The van der Waals surface area contributed by atoms with Crippen molar-refractivity contribution < 1.29 is 17.9 Å². The zero-order chi connectivity index (χ0) is 16.4. The molecule has 0 bridgehead atoms. The van der Waals surface area contributed by atoms with E-state index in [1.54, 1.807) is 24.3 Å². The molecule has 0 spiro atoms. The van der Waals surface area contributed by atoms with E-state index in [2.05, 4.69) is 20.7 Å². The zero-order valence-corrected chi connectivity index (χ0v) is 15.0. The molecule has 5 nitrogen and oxygen atoms in total. The lowest BCUT2D eigenvalue weighted by atomic mass is 10.3. The number of hydrogen-bond acceptors (Lipinski definition) is 4. The lowest BCUT2D eigenvalue weighted by Crippen LogP contribution is -2.13. The van der Waals surface area contributed by atoms with Gasteiger partial charge in [-0.15, -0.1) is 0 Å². The summed E-state index contributed by atoms with van der Waals surface area (Å²) in [5.74, 6) is 0.986. The Kier molecular flexibility index (Phi) is 4.70. The number of ether oxygens (including phenoxy) is 2. The van der Waals surface area contributed by atoms with Gasteiger partial charge in [0.15, 0.2) is 11.5 Å². The molecule has 0 radical (unpaired) electrons. The highest BCUT2D eigenvalue weighted by Crippen LogP contribution is 2.38. The van der Waals surface area contributed by atoms with Crippen molar-refractivity contribution in [1.29, 1.82) is 0 Å². The van der Waals surface area contributed by atoms with Gasteiger partial charge in [-0.05, 0) is 24.3 Å². The van der Waals surface area contributed by atoms with Crippen molar-refractivity contribution in [2.75, 3.05) is 17.9 Å². The topological polar surface area (TPSA) is 64.6 Å². The Balaban J connectivity index is 1.93. The van der Waals surface area contributed by atoms with Crippen molar-refractivity contribution >= 4 is 43.2 Å². The molecule has 0 saturated carbocycles. The average Bonchev–Trinajstić information content (AvgIpc) is 2.73. The first-order chi connectivity index (χ1) is 11.0. The van der Waals surface area contributed by atoms with Crippen LogP contribution in [-0.2, 0) is 10.0 Å². The lowest BCUT2D eigenvalue weighted by molar-refractivity contribution is 0.297. The van der Waals surface area contributed by atoms with E-state index in [0.29, 0.717) is 24.7 Å². The predicted octanol–water partition coefficient (Wildman–Crippen LogP) is 4.06. The summed E-state index contributed by atoms with van der Waals surface area (Å²) in [6, 6.07) is 9.42. The van der Waals surface area contributed by atoms with Crippen LogP contribution in [0.3, 0.4) is 0 Å². The van der Waals surface area contributed by atoms with E-state index >= 15 is 0 Å². The Hall–Kier alpha value is -1.44. The summed E-state index contributed by atoms with van der Waals surface area (Å²) in [5, 5.41) is 0.245. The minimum Gasteiger partial charge on any atom is -0.490 e. The maximum absolute atomic E-state index is 12.4. The fraction of sp³-hybridized carbons (Fsp3) is 0.200. The normalized spacial score (nSPS) is 14.2. The first-order valence-corrected chi connectivity index (χ1v) is 9.49. The summed E-state index contributed by atoms with van der Waals surface area (Å²) in [7, 11) is -3.74. The van der Waals surface area contributed by atoms with Gasteiger partial charge in [0, 0.05) is 23.0 Å². The van der Waals surface area contributed by atoms with E-state index < -0.39 is 10.0 Å². The molecule has 0 fully saturated rings. The summed E-state index contributed by atoms with van der Waals surface area (Å²) in [4.78, 5) is 0.142. The van der Waals surface area contributed by atoms with Crippen LogP contribution in [0.25, 0.3) is 0 Å². The molecule has 3 rings (SSSR count). The molecule has 23 heavy (non-hydrogen) atoms. The monoisotopic (exact) mass is 417 g/mol. The maximum Gasteiger partial charge on any atom is 0.261 e. The van der Waals surface area contributed by atoms with Gasteiger partial charge >= 0.3 is 0 Å². The van der Waals surface area contributed by atoms with Crippen molar-refractivity contribution in [3.63, 3.8) is 0 Å². The summed E-state index contributed by atoms with van der Waals surface area (Å²) >= 11 is 9.44. The molecule has 1 heterocycles. The molecular weight excluding hydrogens is 406 g/mol. The van der Waals surface area contributed by atoms with Gasteiger partial charge in [-0.3, -0.25) is 4.72 Å². The average molecular weight is 419 g/mol. The molecule has 0 atom stereocenters. The van der Waals surface area contributed by atoms with Gasteiger partial charge in [0.1, 0.15) is 0 Å². The summed E-state index contributed by atoms with van der Waals surface area (Å²) < 4.78 is 39.2. The zero-order valence-electron chi connectivity index (χ0n) is 11.9. The molecule has 1 aliphatic rings. The second-order valence-electron chi connectivity index (χ2n) is 4.89. The first kappa shape index (κ1) is 16.4. The number of nitrogens with one attached hydrogen (secondary N) is 1. The largest absolute Gasteiger partial charge is 0.490 e. The molecule has 0 unspecified atom stereocenters. The highest BCUT2D eigenvalue weighted by Gasteiger charge is 2.19. The number of anilines is 1. The van der Waals surface area contributed by atoms with Gasteiger partial charge in [-0.25, -0.2) is 8.42 Å². The molecule has 0 aliphatic carbocycles. The molecule has 2 aromatic rings. The third-order valence-corrected chi connectivity index (χ3v) is 5.43. The summed E-state index contributed by atoms with van der Waals surface area (Å²) in [5.41, 5.74) is 0.249. The molecule has 0 aromatic heterocycles. The van der Waals surface area contributed by atoms with Crippen LogP contribution in [0.4, 0.5) is 5.69 Å². The van der Waals surface area contributed by atoms with Gasteiger partial charge in [0.2, 0.25) is 0 Å². The number of sulfonamides is 1. The number of fused-ring (bicyclic) bond motifs is 1. The third kappa shape index (κ3) is 3.73. The van der Waals surface area contributed by atoms with E-state index in [1.165, 1.54) is 12.1 Å². The van der Waals surface area contributed by atoms with Gasteiger partial charge in [0.25, 0.3) is 10.0 Å². The standard InChI is InChI=1S/C15H13BrClNO4S/c16-10-2-4-11(5-3-10)23(19,20)18-13-9-15-14(8-12(13)17)21-6-1-7-22-15/h2-5,8-9,18H,1,6-7H2. The molecular formula is C15H13BrClNO4S. The van der Waals surface area contributed by atoms with E-state index in [4.69, 9.17) is 21.1 Å². The highest BCUT2D eigenvalue weighted by molar-refractivity contribution is 9.10. The van der Waals surface area contributed by atoms with Crippen molar-refractivity contribution in [3.8, 4) is 11.5 Å². The highest BCUT2D eigenvalue weighted by atomic mass is 79.9. The number of hydrogen-bond donors (Lipinski definition) is 1. The van der Waals surface area contributed by atoms with Gasteiger partial charge in [-0.1, -0.05) is 27.5 Å². The minimum absolute atomic E-state index is 0.142. The Morgan fingerprint density at radius 3 is 2.30 bits per heavy atom. The Morgan fingerprint density at radius 2 is 1.65 bits per heavy atom. The van der Waals surface area contributed by atoms with Crippen molar-refractivity contribution in [2.24, 2.45) is 0 Å². The molecule has 122 valence electrons. The predicted molar refractivity (Wildman–Crippen MR) is 92.0 cm³/mol. The quantitative estimate of drug-likeness (QED) is 0.816. The second-order valence-corrected chi connectivity index (χ2v) is 7.89. The van der Waals surface area contributed by atoms with Crippen molar-refractivity contribution in [2.45, 2.75) is 11.3 Å². The second kappa shape index (κ2) is 6.59. The van der Waals surface area contributed by atoms with Crippen LogP contribution in [0.2, 0.25) is 5.02 Å². The number of halogens is 2.